The average Bonchev–Trinajstić information content (AvgIpc) is 2.69. The van der Waals surface area contributed by atoms with Crippen LogP contribution in [0.5, 0.6) is 0 Å². The van der Waals surface area contributed by atoms with E-state index in [0.717, 1.165) is 17.8 Å². The van der Waals surface area contributed by atoms with Gasteiger partial charge in [0.05, 0.1) is 0 Å². The third-order valence-corrected chi connectivity index (χ3v) is 6.68. The number of unbranched alkanes of at least 4 members (excludes halogenated alkanes) is 2. The van der Waals surface area contributed by atoms with E-state index in [2.05, 4.69) is 43.3 Å². The number of allylic oxidation sites excluding steroid dienone is 1. The third-order valence-electron chi connectivity index (χ3n) is 6.68. The summed E-state index contributed by atoms with van der Waals surface area (Å²) in [5, 5.41) is 0. The Morgan fingerprint density at radius 2 is 1.56 bits per heavy atom. The van der Waals surface area contributed by atoms with Gasteiger partial charge in [0, 0.05) is 0 Å². The smallest absolute Gasteiger partial charge is 0.0162 e. The lowest BCUT2D eigenvalue weighted by Gasteiger charge is -2.26. The molecule has 25 heavy (non-hydrogen) atoms. The lowest BCUT2D eigenvalue weighted by molar-refractivity contribution is 0.290. The van der Waals surface area contributed by atoms with Crippen LogP contribution in [-0.4, -0.2) is 0 Å². The molecule has 2 fully saturated rings. The Bertz CT molecular complexity index is 495. The SMILES string of the molecule is CCCCC[C@H]1CC[C@H](C=Cc2ccc(C3CCCCC3)cc2)CC1. The minimum absolute atomic E-state index is 0.820. The van der Waals surface area contributed by atoms with E-state index in [-0.39, 0.29) is 0 Å². The summed E-state index contributed by atoms with van der Waals surface area (Å²) in [5.41, 5.74) is 2.97. The van der Waals surface area contributed by atoms with Gasteiger partial charge in [-0.25, -0.2) is 0 Å². The van der Waals surface area contributed by atoms with E-state index < -0.39 is 0 Å². The third kappa shape index (κ3) is 6.01. The molecule has 1 aromatic rings. The van der Waals surface area contributed by atoms with Crippen LogP contribution >= 0.6 is 0 Å². The molecule has 3 rings (SSSR count). The molecule has 2 saturated carbocycles. The molecule has 0 spiro atoms. The van der Waals surface area contributed by atoms with Crippen molar-refractivity contribution < 1.29 is 0 Å². The summed E-state index contributed by atoms with van der Waals surface area (Å²) >= 11 is 0. The Morgan fingerprint density at radius 3 is 2.24 bits per heavy atom. The van der Waals surface area contributed by atoms with Crippen LogP contribution in [0.1, 0.15) is 107 Å². The molecular formula is C25H38. The lowest BCUT2D eigenvalue weighted by atomic mass is 9.79. The highest BCUT2D eigenvalue weighted by Crippen LogP contribution is 2.34. The van der Waals surface area contributed by atoms with Crippen LogP contribution in [0.4, 0.5) is 0 Å². The van der Waals surface area contributed by atoms with Gasteiger partial charge < -0.3 is 0 Å². The summed E-state index contributed by atoms with van der Waals surface area (Å²) in [5.74, 6) is 2.67. The minimum Gasteiger partial charge on any atom is -0.0808 e. The predicted molar refractivity (Wildman–Crippen MR) is 111 cm³/mol. The van der Waals surface area contributed by atoms with Crippen LogP contribution in [0.25, 0.3) is 6.08 Å². The monoisotopic (exact) mass is 338 g/mol. The average molecular weight is 339 g/mol. The molecule has 0 heteroatoms. The van der Waals surface area contributed by atoms with Crippen molar-refractivity contribution in [2.24, 2.45) is 11.8 Å². The standard InChI is InChI=1S/C25H38/c1-2-3-5-8-21-11-13-22(14-12-21)15-16-23-17-19-25(20-18-23)24-9-6-4-7-10-24/h15-22,24H,2-14H2,1H3/t21-,22-. The lowest BCUT2D eigenvalue weighted by Crippen LogP contribution is -2.12. The van der Waals surface area contributed by atoms with Gasteiger partial charge in [0.15, 0.2) is 0 Å². The molecule has 0 aromatic heterocycles. The Balaban J connectivity index is 1.43. The molecule has 0 N–H and O–H groups in total. The van der Waals surface area contributed by atoms with Crippen LogP contribution in [0.3, 0.4) is 0 Å². The van der Waals surface area contributed by atoms with Gasteiger partial charge in [-0.05, 0) is 67.4 Å². The topological polar surface area (TPSA) is 0 Å². The maximum atomic E-state index is 2.50. The van der Waals surface area contributed by atoms with Gasteiger partial charge in [-0.2, -0.15) is 0 Å². The molecule has 0 radical (unpaired) electrons. The summed E-state index contributed by atoms with van der Waals surface area (Å²) in [6, 6.07) is 9.47. The van der Waals surface area contributed by atoms with Crippen molar-refractivity contribution in [3.63, 3.8) is 0 Å². The predicted octanol–water partition coefficient (Wildman–Crippen LogP) is 8.13. The molecule has 0 heterocycles. The van der Waals surface area contributed by atoms with Gasteiger partial charge in [-0.1, -0.05) is 88.3 Å². The van der Waals surface area contributed by atoms with Gasteiger partial charge in [0.25, 0.3) is 0 Å². The van der Waals surface area contributed by atoms with E-state index in [1.165, 1.54) is 89.0 Å². The fourth-order valence-electron chi connectivity index (χ4n) is 4.91. The molecule has 0 unspecified atom stereocenters. The molecule has 0 amide bonds. The highest BCUT2D eigenvalue weighted by molar-refractivity contribution is 5.50. The normalized spacial score (nSPS) is 25.5. The van der Waals surface area contributed by atoms with E-state index in [1.54, 1.807) is 5.56 Å². The Kier molecular flexibility index (Phi) is 7.64. The zero-order valence-electron chi connectivity index (χ0n) is 16.4. The quantitative estimate of drug-likeness (QED) is 0.440. The first-order chi connectivity index (χ1) is 12.3. The van der Waals surface area contributed by atoms with E-state index in [1.807, 2.05) is 0 Å². The fraction of sp³-hybridized carbons (Fsp3) is 0.680. The van der Waals surface area contributed by atoms with Crippen molar-refractivity contribution in [2.75, 3.05) is 0 Å². The summed E-state index contributed by atoms with van der Waals surface area (Å²) < 4.78 is 0. The van der Waals surface area contributed by atoms with Gasteiger partial charge in [-0.3, -0.25) is 0 Å². The van der Waals surface area contributed by atoms with E-state index in [9.17, 15) is 0 Å². The number of rotatable bonds is 7. The zero-order valence-corrected chi connectivity index (χ0v) is 16.4. The van der Waals surface area contributed by atoms with Crippen LogP contribution in [-0.2, 0) is 0 Å². The van der Waals surface area contributed by atoms with E-state index >= 15 is 0 Å². The maximum Gasteiger partial charge on any atom is -0.0162 e. The van der Waals surface area contributed by atoms with Gasteiger partial charge in [0.2, 0.25) is 0 Å². The highest BCUT2D eigenvalue weighted by Gasteiger charge is 2.19. The van der Waals surface area contributed by atoms with Crippen molar-refractivity contribution in [2.45, 2.75) is 96.3 Å². The van der Waals surface area contributed by atoms with E-state index in [4.69, 9.17) is 0 Å². The molecule has 0 saturated heterocycles. The molecule has 2 aliphatic rings. The van der Waals surface area contributed by atoms with E-state index in [0.29, 0.717) is 0 Å². The molecule has 0 nitrogen and oxygen atoms in total. The first-order valence-corrected chi connectivity index (χ1v) is 11.1. The molecule has 0 atom stereocenters. The van der Waals surface area contributed by atoms with Gasteiger partial charge >= 0.3 is 0 Å². The second-order valence-electron chi connectivity index (χ2n) is 8.64. The summed E-state index contributed by atoms with van der Waals surface area (Å²) in [4.78, 5) is 0. The first-order valence-electron chi connectivity index (χ1n) is 11.1. The molecule has 138 valence electrons. The van der Waals surface area contributed by atoms with Crippen molar-refractivity contribution in [1.29, 1.82) is 0 Å². The number of hydrogen-bond donors (Lipinski definition) is 0. The fourth-order valence-corrected chi connectivity index (χ4v) is 4.91. The molecule has 1 aromatic carbocycles. The zero-order chi connectivity index (χ0) is 17.3. The maximum absolute atomic E-state index is 2.50. The molecule has 0 bridgehead atoms. The van der Waals surface area contributed by atoms with Crippen LogP contribution in [0, 0.1) is 11.8 Å². The number of benzene rings is 1. The molecule has 2 aliphatic carbocycles. The van der Waals surface area contributed by atoms with Crippen LogP contribution in [0.15, 0.2) is 30.3 Å². The van der Waals surface area contributed by atoms with Crippen molar-refractivity contribution >= 4 is 6.08 Å². The summed E-state index contributed by atoms with van der Waals surface area (Å²) in [6.45, 7) is 2.31. The van der Waals surface area contributed by atoms with Gasteiger partial charge in [0.1, 0.15) is 0 Å². The van der Waals surface area contributed by atoms with Gasteiger partial charge in [-0.15, -0.1) is 0 Å². The summed E-state index contributed by atoms with van der Waals surface area (Å²) in [7, 11) is 0. The van der Waals surface area contributed by atoms with Crippen LogP contribution < -0.4 is 0 Å². The highest BCUT2D eigenvalue weighted by atomic mass is 14.2. The molecule has 0 aliphatic heterocycles. The summed E-state index contributed by atoms with van der Waals surface area (Å²) in [6.07, 6.45) is 23.4. The largest absolute Gasteiger partial charge is 0.0808 e. The Morgan fingerprint density at radius 1 is 0.840 bits per heavy atom. The minimum atomic E-state index is 0.820. The van der Waals surface area contributed by atoms with Crippen LogP contribution in [0.2, 0.25) is 0 Å². The Hall–Kier alpha value is -1.04. The molecular weight excluding hydrogens is 300 g/mol. The Labute approximate surface area is 156 Å². The van der Waals surface area contributed by atoms with Crippen molar-refractivity contribution in [1.82, 2.24) is 0 Å². The number of hydrogen-bond acceptors (Lipinski definition) is 0. The van der Waals surface area contributed by atoms with Crippen molar-refractivity contribution in [3.05, 3.63) is 41.5 Å². The second-order valence-corrected chi connectivity index (χ2v) is 8.64. The van der Waals surface area contributed by atoms with Crippen molar-refractivity contribution in [3.8, 4) is 0 Å². The second kappa shape index (κ2) is 10.2. The first kappa shape index (κ1) is 18.7.